The first-order valence-electron chi connectivity index (χ1n) is 5.20. The van der Waals surface area contributed by atoms with Crippen molar-refractivity contribution >= 4 is 49.1 Å². The Morgan fingerprint density at radius 3 is 2.33 bits per heavy atom. The fourth-order valence-electron chi connectivity index (χ4n) is 1.54. The summed E-state index contributed by atoms with van der Waals surface area (Å²) in [4.78, 5) is 0. The molecule has 0 aromatic heterocycles. The molecular weight excluding hydrogens is 384 g/mol. The maximum Gasteiger partial charge on any atom is 0.142 e. The maximum absolute atomic E-state index is 13.3. The predicted molar refractivity (Wildman–Crippen MR) is 80.6 cm³/mol. The number of benzene rings is 2. The molecule has 0 fully saturated rings. The van der Waals surface area contributed by atoms with E-state index in [1.165, 1.54) is 6.07 Å². The van der Waals surface area contributed by atoms with Crippen LogP contribution in [0.25, 0.3) is 0 Å². The predicted octanol–water partition coefficient (Wildman–Crippen LogP) is 5.62. The van der Waals surface area contributed by atoms with Crippen molar-refractivity contribution in [2.24, 2.45) is 0 Å². The average Bonchev–Trinajstić information content (AvgIpc) is 2.33. The molecule has 1 N–H and O–H groups in total. The highest BCUT2D eigenvalue weighted by Gasteiger charge is 2.08. The van der Waals surface area contributed by atoms with E-state index in [1.54, 1.807) is 12.1 Å². The van der Waals surface area contributed by atoms with E-state index in [0.29, 0.717) is 6.54 Å². The fraction of sp³-hybridized carbons (Fsp3) is 0.0769. The van der Waals surface area contributed by atoms with E-state index in [4.69, 9.17) is 11.6 Å². The Morgan fingerprint density at radius 2 is 1.67 bits per heavy atom. The van der Waals surface area contributed by atoms with Gasteiger partial charge in [0.2, 0.25) is 0 Å². The monoisotopic (exact) mass is 391 g/mol. The van der Waals surface area contributed by atoms with Crippen LogP contribution in [-0.4, -0.2) is 0 Å². The van der Waals surface area contributed by atoms with Crippen molar-refractivity contribution in [1.82, 2.24) is 0 Å². The van der Waals surface area contributed by atoms with Crippen molar-refractivity contribution in [2.45, 2.75) is 6.54 Å². The van der Waals surface area contributed by atoms with Crippen molar-refractivity contribution in [3.63, 3.8) is 0 Å². The van der Waals surface area contributed by atoms with Crippen LogP contribution in [0.4, 0.5) is 10.1 Å². The van der Waals surface area contributed by atoms with Crippen LogP contribution >= 0.6 is 43.5 Å². The number of rotatable bonds is 3. The Hall–Kier alpha value is -0.580. The van der Waals surface area contributed by atoms with Gasteiger partial charge in [-0.15, -0.1) is 0 Å². The SMILES string of the molecule is Fc1cccc(CNc2c(Br)cccc2Br)c1Cl. The molecule has 0 aliphatic carbocycles. The minimum absolute atomic E-state index is 0.160. The first kappa shape index (κ1) is 13.8. The first-order chi connectivity index (χ1) is 8.59. The largest absolute Gasteiger partial charge is 0.379 e. The molecule has 0 atom stereocenters. The molecule has 0 amide bonds. The molecule has 2 rings (SSSR count). The summed E-state index contributed by atoms with van der Waals surface area (Å²) in [7, 11) is 0. The van der Waals surface area contributed by atoms with Gasteiger partial charge in [0.1, 0.15) is 5.82 Å². The molecule has 2 aromatic rings. The summed E-state index contributed by atoms with van der Waals surface area (Å²) in [5, 5.41) is 3.38. The van der Waals surface area contributed by atoms with E-state index in [9.17, 15) is 4.39 Å². The van der Waals surface area contributed by atoms with Crippen LogP contribution in [0.15, 0.2) is 45.3 Å². The molecule has 0 unspecified atom stereocenters. The lowest BCUT2D eigenvalue weighted by atomic mass is 10.2. The smallest absolute Gasteiger partial charge is 0.142 e. The zero-order valence-corrected chi connectivity index (χ0v) is 13.1. The topological polar surface area (TPSA) is 12.0 Å². The number of halogens is 4. The van der Waals surface area contributed by atoms with Gasteiger partial charge >= 0.3 is 0 Å². The number of para-hydroxylation sites is 1. The molecule has 0 saturated carbocycles. The van der Waals surface area contributed by atoms with E-state index in [-0.39, 0.29) is 5.02 Å². The molecule has 2 aromatic carbocycles. The third kappa shape index (κ3) is 3.05. The molecule has 0 spiro atoms. The standard InChI is InChI=1S/C13H9Br2ClFN/c14-9-4-2-5-10(15)13(9)18-7-8-3-1-6-11(17)12(8)16/h1-6,18H,7H2. The molecule has 94 valence electrons. The minimum atomic E-state index is -0.401. The van der Waals surface area contributed by atoms with Gasteiger partial charge in [0.25, 0.3) is 0 Å². The number of hydrogen-bond acceptors (Lipinski definition) is 1. The van der Waals surface area contributed by atoms with Gasteiger partial charge in [0.05, 0.1) is 10.7 Å². The van der Waals surface area contributed by atoms with E-state index in [0.717, 1.165) is 20.2 Å². The lowest BCUT2D eigenvalue weighted by molar-refractivity contribution is 0.626. The summed E-state index contributed by atoms with van der Waals surface area (Å²) in [6.45, 7) is 0.456. The van der Waals surface area contributed by atoms with Gasteiger partial charge in [-0.25, -0.2) is 4.39 Å². The number of anilines is 1. The van der Waals surface area contributed by atoms with Gasteiger partial charge in [-0.2, -0.15) is 0 Å². The zero-order valence-electron chi connectivity index (χ0n) is 9.18. The highest BCUT2D eigenvalue weighted by atomic mass is 79.9. The Kier molecular flexibility index (Phi) is 4.65. The molecule has 18 heavy (non-hydrogen) atoms. The summed E-state index contributed by atoms with van der Waals surface area (Å²) in [5.74, 6) is -0.401. The summed E-state index contributed by atoms with van der Waals surface area (Å²) in [6, 6.07) is 10.6. The van der Waals surface area contributed by atoms with Gasteiger partial charge in [-0.3, -0.25) is 0 Å². The van der Waals surface area contributed by atoms with Crippen LogP contribution in [0.5, 0.6) is 0 Å². The normalized spacial score (nSPS) is 10.4. The lowest BCUT2D eigenvalue weighted by Crippen LogP contribution is -2.02. The van der Waals surface area contributed by atoms with Crippen LogP contribution in [0.1, 0.15) is 5.56 Å². The highest BCUT2D eigenvalue weighted by molar-refractivity contribution is 9.11. The van der Waals surface area contributed by atoms with E-state index >= 15 is 0 Å². The van der Waals surface area contributed by atoms with Crippen LogP contribution in [-0.2, 0) is 6.54 Å². The Labute approximate surface area is 127 Å². The third-order valence-electron chi connectivity index (χ3n) is 2.45. The van der Waals surface area contributed by atoms with Gasteiger partial charge in [-0.1, -0.05) is 29.8 Å². The van der Waals surface area contributed by atoms with E-state index < -0.39 is 5.82 Å². The summed E-state index contributed by atoms with van der Waals surface area (Å²) in [6.07, 6.45) is 0. The molecule has 0 saturated heterocycles. The van der Waals surface area contributed by atoms with Crippen LogP contribution in [0.3, 0.4) is 0 Å². The van der Waals surface area contributed by atoms with E-state index in [2.05, 4.69) is 37.2 Å². The summed E-state index contributed by atoms with van der Waals surface area (Å²) >= 11 is 12.8. The second-order valence-electron chi connectivity index (χ2n) is 3.66. The zero-order chi connectivity index (χ0) is 13.1. The lowest BCUT2D eigenvalue weighted by Gasteiger charge is -2.11. The van der Waals surface area contributed by atoms with Crippen molar-refractivity contribution in [3.05, 3.63) is 61.7 Å². The Morgan fingerprint density at radius 1 is 1.06 bits per heavy atom. The van der Waals surface area contributed by atoms with Crippen molar-refractivity contribution in [2.75, 3.05) is 5.32 Å². The number of hydrogen-bond donors (Lipinski definition) is 1. The second kappa shape index (κ2) is 6.04. The third-order valence-corrected chi connectivity index (χ3v) is 4.19. The van der Waals surface area contributed by atoms with Crippen molar-refractivity contribution in [3.8, 4) is 0 Å². The van der Waals surface area contributed by atoms with E-state index in [1.807, 2.05) is 18.2 Å². The molecule has 1 nitrogen and oxygen atoms in total. The quantitative estimate of drug-likeness (QED) is 0.714. The number of nitrogens with one attached hydrogen (secondary N) is 1. The minimum Gasteiger partial charge on any atom is -0.379 e. The van der Waals surface area contributed by atoms with Crippen molar-refractivity contribution < 1.29 is 4.39 Å². The molecule has 0 aliphatic rings. The van der Waals surface area contributed by atoms with Gasteiger partial charge in [-0.05, 0) is 55.6 Å². The van der Waals surface area contributed by atoms with Crippen molar-refractivity contribution in [1.29, 1.82) is 0 Å². The highest BCUT2D eigenvalue weighted by Crippen LogP contribution is 2.31. The van der Waals surface area contributed by atoms with Gasteiger partial charge in [0, 0.05) is 15.5 Å². The molecular formula is C13H9Br2ClFN. The molecule has 5 heteroatoms. The molecule has 0 heterocycles. The van der Waals surface area contributed by atoms with Crippen LogP contribution < -0.4 is 5.32 Å². The Bertz CT molecular complexity index is 555. The molecule has 0 radical (unpaired) electrons. The van der Waals surface area contributed by atoms with Crippen LogP contribution in [0.2, 0.25) is 5.02 Å². The summed E-state index contributed by atoms with van der Waals surface area (Å²) < 4.78 is 15.2. The van der Waals surface area contributed by atoms with Crippen LogP contribution in [0, 0.1) is 5.82 Å². The molecule has 0 bridgehead atoms. The average molecular weight is 393 g/mol. The maximum atomic E-state index is 13.3. The first-order valence-corrected chi connectivity index (χ1v) is 7.17. The Balaban J connectivity index is 2.19. The molecule has 0 aliphatic heterocycles. The van der Waals surface area contributed by atoms with Gasteiger partial charge < -0.3 is 5.32 Å². The fourth-order valence-corrected chi connectivity index (χ4v) is 3.01. The van der Waals surface area contributed by atoms with Gasteiger partial charge in [0.15, 0.2) is 0 Å². The summed E-state index contributed by atoms with van der Waals surface area (Å²) in [5.41, 5.74) is 1.64. The second-order valence-corrected chi connectivity index (χ2v) is 5.75.